The summed E-state index contributed by atoms with van der Waals surface area (Å²) in [7, 11) is 1.30. The number of hydrogen-bond acceptors (Lipinski definition) is 4. The van der Waals surface area contributed by atoms with Crippen molar-refractivity contribution in [1.82, 2.24) is 10.2 Å². The molecule has 1 aliphatic rings. The summed E-state index contributed by atoms with van der Waals surface area (Å²) in [5.74, 6) is -0.823. The van der Waals surface area contributed by atoms with Gasteiger partial charge in [0, 0.05) is 37.4 Å². The van der Waals surface area contributed by atoms with Gasteiger partial charge in [-0.05, 0) is 60.6 Å². The molecule has 1 heterocycles. The van der Waals surface area contributed by atoms with Gasteiger partial charge in [0.05, 0.1) is 7.11 Å². The Balaban J connectivity index is 1.43. The Labute approximate surface area is 204 Å². The number of piperidine rings is 1. The minimum atomic E-state index is -0.775. The van der Waals surface area contributed by atoms with Gasteiger partial charge in [0.1, 0.15) is 11.9 Å². The van der Waals surface area contributed by atoms with Gasteiger partial charge < -0.3 is 15.0 Å². The van der Waals surface area contributed by atoms with E-state index in [1.54, 1.807) is 18.2 Å². The van der Waals surface area contributed by atoms with Gasteiger partial charge in [0.2, 0.25) is 11.8 Å². The van der Waals surface area contributed by atoms with Gasteiger partial charge in [-0.2, -0.15) is 0 Å². The van der Waals surface area contributed by atoms with Crippen molar-refractivity contribution < 1.29 is 23.5 Å². The van der Waals surface area contributed by atoms with Crippen molar-refractivity contribution in [1.29, 1.82) is 0 Å². The van der Waals surface area contributed by atoms with E-state index in [4.69, 9.17) is 16.3 Å². The molecule has 2 aromatic carbocycles. The fourth-order valence-corrected chi connectivity index (χ4v) is 4.32. The maximum absolute atomic E-state index is 13.3. The minimum absolute atomic E-state index is 0.0425. The molecule has 0 spiro atoms. The van der Waals surface area contributed by atoms with Gasteiger partial charge in [0.25, 0.3) is 0 Å². The second kappa shape index (κ2) is 12.5. The lowest BCUT2D eigenvalue weighted by Crippen LogP contribution is -2.44. The third kappa shape index (κ3) is 7.83. The summed E-state index contributed by atoms with van der Waals surface area (Å²) in [6.07, 6.45) is 2.88. The first-order valence-corrected chi connectivity index (χ1v) is 11.9. The summed E-state index contributed by atoms with van der Waals surface area (Å²) in [5, 5.41) is 3.40. The molecule has 0 aliphatic carbocycles. The van der Waals surface area contributed by atoms with Crippen LogP contribution in [0.1, 0.15) is 36.8 Å². The van der Waals surface area contributed by atoms with Gasteiger partial charge in [0.15, 0.2) is 0 Å². The Kier molecular flexibility index (Phi) is 9.45. The second-order valence-corrected chi connectivity index (χ2v) is 9.07. The number of rotatable bonds is 9. The van der Waals surface area contributed by atoms with Crippen molar-refractivity contribution in [2.24, 2.45) is 5.92 Å². The predicted octanol–water partition coefficient (Wildman–Crippen LogP) is 3.94. The van der Waals surface area contributed by atoms with Crippen LogP contribution >= 0.6 is 11.6 Å². The summed E-state index contributed by atoms with van der Waals surface area (Å²) in [6.45, 7) is 1.18. The number of hydrogen-bond donors (Lipinski definition) is 1. The van der Waals surface area contributed by atoms with Crippen LogP contribution in [0.25, 0.3) is 0 Å². The zero-order valence-corrected chi connectivity index (χ0v) is 20.0. The lowest BCUT2D eigenvalue weighted by molar-refractivity contribution is -0.145. The minimum Gasteiger partial charge on any atom is -0.467 e. The number of aryl methyl sites for hydroxylation is 1. The summed E-state index contributed by atoms with van der Waals surface area (Å²) in [4.78, 5) is 39.2. The van der Waals surface area contributed by atoms with Crippen LogP contribution in [0.4, 0.5) is 4.39 Å². The first-order valence-electron chi connectivity index (χ1n) is 11.5. The number of ether oxygens (including phenoxy) is 1. The molecule has 1 N–H and O–H groups in total. The molecule has 8 heteroatoms. The quantitative estimate of drug-likeness (QED) is 0.542. The van der Waals surface area contributed by atoms with Crippen LogP contribution in [0.15, 0.2) is 48.5 Å². The zero-order valence-electron chi connectivity index (χ0n) is 19.3. The van der Waals surface area contributed by atoms with Crippen LogP contribution in [-0.2, 0) is 32.0 Å². The van der Waals surface area contributed by atoms with Crippen molar-refractivity contribution in [3.05, 3.63) is 70.5 Å². The van der Waals surface area contributed by atoms with E-state index in [2.05, 4.69) is 5.32 Å². The van der Waals surface area contributed by atoms with Crippen LogP contribution in [0.3, 0.4) is 0 Å². The molecular formula is C26H30ClFN2O4. The highest BCUT2D eigenvalue weighted by atomic mass is 35.5. The molecule has 0 bridgehead atoms. The molecule has 182 valence electrons. The van der Waals surface area contributed by atoms with Gasteiger partial charge in [-0.25, -0.2) is 9.18 Å². The number of esters is 1. The normalized spacial score (nSPS) is 15.0. The maximum Gasteiger partial charge on any atom is 0.328 e. The molecule has 6 nitrogen and oxygen atoms in total. The molecule has 2 amide bonds. The first kappa shape index (κ1) is 25.7. The monoisotopic (exact) mass is 488 g/mol. The van der Waals surface area contributed by atoms with Crippen molar-refractivity contribution >= 4 is 29.4 Å². The lowest BCUT2D eigenvalue weighted by atomic mass is 9.92. The SMILES string of the molecule is COC(=O)[C@H](Cc1ccc(Cl)cc1)NC(=O)CC1CCN(C(=O)CCc2cccc(F)c2)CC1. The number of nitrogens with one attached hydrogen (secondary N) is 1. The lowest BCUT2D eigenvalue weighted by Gasteiger charge is -2.32. The van der Waals surface area contributed by atoms with Crippen molar-refractivity contribution in [3.63, 3.8) is 0 Å². The molecule has 0 saturated carbocycles. The summed E-state index contributed by atoms with van der Waals surface area (Å²) in [5.41, 5.74) is 1.67. The van der Waals surface area contributed by atoms with E-state index in [0.717, 1.165) is 24.0 Å². The summed E-state index contributed by atoms with van der Waals surface area (Å²) < 4.78 is 18.2. The number of amides is 2. The van der Waals surface area contributed by atoms with Crippen LogP contribution in [0.2, 0.25) is 5.02 Å². The second-order valence-electron chi connectivity index (χ2n) is 8.63. The van der Waals surface area contributed by atoms with E-state index in [1.807, 2.05) is 23.1 Å². The standard InChI is InChI=1S/C26H30ClFN2O4/c1-34-26(33)23(16-19-5-8-21(27)9-6-19)29-24(31)17-20-11-13-30(14-12-20)25(32)10-7-18-3-2-4-22(28)15-18/h2-6,8-9,15,20,23H,7,10-14,16-17H2,1H3,(H,29,31)/t23-/m0/s1. The van der Waals surface area contributed by atoms with Gasteiger partial charge >= 0.3 is 5.97 Å². The van der Waals surface area contributed by atoms with E-state index in [-0.39, 0.29) is 23.5 Å². The Hall–Kier alpha value is -2.93. The number of carbonyl (C=O) groups is 3. The van der Waals surface area contributed by atoms with Gasteiger partial charge in [-0.1, -0.05) is 35.9 Å². The average molecular weight is 489 g/mol. The molecule has 1 saturated heterocycles. The van der Waals surface area contributed by atoms with E-state index >= 15 is 0 Å². The summed E-state index contributed by atoms with van der Waals surface area (Å²) in [6, 6.07) is 12.6. The number of nitrogens with zero attached hydrogens (tertiary/aromatic N) is 1. The maximum atomic E-state index is 13.3. The molecule has 0 radical (unpaired) electrons. The van der Waals surface area contributed by atoms with Gasteiger partial charge in [-0.3, -0.25) is 9.59 Å². The molecule has 0 aromatic heterocycles. The number of carbonyl (C=O) groups excluding carboxylic acids is 3. The highest BCUT2D eigenvalue weighted by molar-refractivity contribution is 6.30. The molecule has 1 atom stereocenters. The van der Waals surface area contributed by atoms with E-state index in [9.17, 15) is 18.8 Å². The van der Waals surface area contributed by atoms with Gasteiger partial charge in [-0.15, -0.1) is 0 Å². The molecule has 0 unspecified atom stereocenters. The molecule has 2 aromatic rings. The predicted molar refractivity (Wildman–Crippen MR) is 128 cm³/mol. The summed E-state index contributed by atoms with van der Waals surface area (Å²) >= 11 is 5.91. The largest absolute Gasteiger partial charge is 0.467 e. The fraction of sp³-hybridized carbons (Fsp3) is 0.423. The number of methoxy groups -OCH3 is 1. The highest BCUT2D eigenvalue weighted by Gasteiger charge is 2.27. The van der Waals surface area contributed by atoms with Crippen LogP contribution in [0.5, 0.6) is 0 Å². The first-order chi connectivity index (χ1) is 16.3. The van der Waals surface area contributed by atoms with Crippen LogP contribution in [-0.4, -0.2) is 48.9 Å². The van der Waals surface area contributed by atoms with E-state index in [1.165, 1.54) is 19.2 Å². The topological polar surface area (TPSA) is 75.7 Å². The number of likely N-dealkylation sites (tertiary alicyclic amines) is 1. The number of benzene rings is 2. The Morgan fingerprint density at radius 2 is 1.82 bits per heavy atom. The number of halogens is 2. The van der Waals surface area contributed by atoms with Crippen molar-refractivity contribution in [3.8, 4) is 0 Å². The smallest absolute Gasteiger partial charge is 0.328 e. The molecule has 1 aliphatic heterocycles. The average Bonchev–Trinajstić information content (AvgIpc) is 2.83. The Bertz CT molecular complexity index is 991. The van der Waals surface area contributed by atoms with Crippen LogP contribution in [0, 0.1) is 11.7 Å². The molecule has 34 heavy (non-hydrogen) atoms. The van der Waals surface area contributed by atoms with Crippen LogP contribution < -0.4 is 5.32 Å². The Morgan fingerprint density at radius 1 is 1.12 bits per heavy atom. The van der Waals surface area contributed by atoms with E-state index in [0.29, 0.717) is 43.8 Å². The van der Waals surface area contributed by atoms with Crippen molar-refractivity contribution in [2.45, 2.75) is 44.6 Å². The third-order valence-corrected chi connectivity index (χ3v) is 6.38. The molecule has 3 rings (SSSR count). The molecular weight excluding hydrogens is 459 g/mol. The highest BCUT2D eigenvalue weighted by Crippen LogP contribution is 2.22. The Morgan fingerprint density at radius 3 is 2.47 bits per heavy atom. The molecule has 1 fully saturated rings. The fourth-order valence-electron chi connectivity index (χ4n) is 4.20. The van der Waals surface area contributed by atoms with Crippen molar-refractivity contribution in [2.75, 3.05) is 20.2 Å². The van der Waals surface area contributed by atoms with E-state index < -0.39 is 12.0 Å². The third-order valence-electron chi connectivity index (χ3n) is 6.13. The zero-order chi connectivity index (χ0) is 24.5.